The Labute approximate surface area is 84.6 Å². The van der Waals surface area contributed by atoms with Crippen LogP contribution in [-0.4, -0.2) is 27.2 Å². The Morgan fingerprint density at radius 1 is 1.43 bits per heavy atom. The molecular formula is C8H16N2O3S. The lowest BCUT2D eigenvalue weighted by molar-refractivity contribution is 0.245. The number of hydrogen-bond donors (Lipinski definition) is 2. The number of urea groups is 1. The van der Waals surface area contributed by atoms with Crippen LogP contribution in [0.5, 0.6) is 0 Å². The topological polar surface area (TPSA) is 75.3 Å². The summed E-state index contributed by atoms with van der Waals surface area (Å²) in [5.74, 6) is 0. The first kappa shape index (κ1) is 13.0. The molecule has 0 aliphatic rings. The maximum atomic E-state index is 10.9. The fraction of sp³-hybridized carbons (Fsp3) is 0.625. The van der Waals surface area contributed by atoms with Crippen LogP contribution in [0, 0.1) is 0 Å². The summed E-state index contributed by atoms with van der Waals surface area (Å²) in [6.07, 6.45) is 5.38. The van der Waals surface area contributed by atoms with Crippen molar-refractivity contribution in [2.75, 3.05) is 12.8 Å². The van der Waals surface area contributed by atoms with Crippen molar-refractivity contribution in [2.45, 2.75) is 19.3 Å². The van der Waals surface area contributed by atoms with Gasteiger partial charge in [-0.1, -0.05) is 6.08 Å². The third-order valence-electron chi connectivity index (χ3n) is 1.40. The Bertz CT molecular complexity index is 285. The number of carbonyl (C=O) groups is 1. The lowest BCUT2D eigenvalue weighted by Gasteiger charge is -2.04. The molecule has 0 unspecified atom stereocenters. The number of sulfonamides is 1. The van der Waals surface area contributed by atoms with Crippen molar-refractivity contribution in [3.63, 3.8) is 0 Å². The second-order valence-corrected chi connectivity index (χ2v) is 4.66. The summed E-state index contributed by atoms with van der Waals surface area (Å²) in [6, 6.07) is -0.675. The zero-order chi connectivity index (χ0) is 11.0. The summed E-state index contributed by atoms with van der Waals surface area (Å²) < 4.78 is 23.0. The summed E-state index contributed by atoms with van der Waals surface area (Å²) in [6.45, 7) is 4.03. The lowest BCUT2D eigenvalue weighted by Crippen LogP contribution is -2.39. The van der Waals surface area contributed by atoms with Crippen molar-refractivity contribution in [1.29, 1.82) is 0 Å². The van der Waals surface area contributed by atoms with E-state index in [1.165, 1.54) is 0 Å². The van der Waals surface area contributed by atoms with Gasteiger partial charge in [-0.25, -0.2) is 17.9 Å². The molecule has 0 atom stereocenters. The zero-order valence-electron chi connectivity index (χ0n) is 8.25. The fourth-order valence-corrected chi connectivity index (χ4v) is 1.23. The molecule has 0 saturated heterocycles. The first-order valence-electron chi connectivity index (χ1n) is 4.32. The van der Waals surface area contributed by atoms with Gasteiger partial charge in [-0.05, 0) is 19.3 Å². The van der Waals surface area contributed by atoms with Gasteiger partial charge < -0.3 is 5.32 Å². The minimum atomic E-state index is -3.45. The quantitative estimate of drug-likeness (QED) is 0.508. The van der Waals surface area contributed by atoms with Gasteiger partial charge in [-0.3, -0.25) is 0 Å². The number of nitrogens with one attached hydrogen (secondary N) is 2. The van der Waals surface area contributed by atoms with Crippen LogP contribution in [0.2, 0.25) is 0 Å². The smallest absolute Gasteiger partial charge is 0.328 e. The monoisotopic (exact) mass is 220 g/mol. The second-order valence-electron chi connectivity index (χ2n) is 2.91. The molecule has 6 heteroatoms. The number of unbranched alkanes of at least 4 members (excludes halogenated alkanes) is 2. The van der Waals surface area contributed by atoms with Gasteiger partial charge in [-0.15, -0.1) is 6.58 Å². The number of hydrogen-bond acceptors (Lipinski definition) is 3. The Morgan fingerprint density at radius 2 is 2.07 bits per heavy atom. The molecule has 82 valence electrons. The predicted octanol–water partition coefficient (Wildman–Crippen LogP) is 0.602. The lowest BCUT2D eigenvalue weighted by atomic mass is 10.2. The number of carbonyl (C=O) groups excluding carboxylic acids is 1. The molecule has 0 aromatic rings. The molecule has 2 N–H and O–H groups in total. The molecule has 0 saturated carbocycles. The third kappa shape index (κ3) is 9.05. The van der Waals surface area contributed by atoms with Crippen LogP contribution >= 0.6 is 0 Å². The van der Waals surface area contributed by atoms with Crippen molar-refractivity contribution in [2.24, 2.45) is 0 Å². The van der Waals surface area contributed by atoms with Crippen LogP contribution in [0.4, 0.5) is 4.79 Å². The number of rotatable bonds is 6. The summed E-state index contributed by atoms with van der Waals surface area (Å²) >= 11 is 0. The van der Waals surface area contributed by atoms with E-state index in [0.29, 0.717) is 6.54 Å². The first-order chi connectivity index (χ1) is 6.45. The van der Waals surface area contributed by atoms with E-state index in [4.69, 9.17) is 0 Å². The third-order valence-corrected chi connectivity index (χ3v) is 1.95. The van der Waals surface area contributed by atoms with E-state index < -0.39 is 16.1 Å². The Balaban J connectivity index is 3.50. The van der Waals surface area contributed by atoms with E-state index in [2.05, 4.69) is 11.9 Å². The van der Waals surface area contributed by atoms with Crippen LogP contribution < -0.4 is 10.0 Å². The maximum Gasteiger partial charge on any atom is 0.328 e. The van der Waals surface area contributed by atoms with Gasteiger partial charge in [0.1, 0.15) is 0 Å². The molecule has 0 rings (SSSR count). The van der Waals surface area contributed by atoms with Gasteiger partial charge in [0, 0.05) is 6.54 Å². The predicted molar refractivity (Wildman–Crippen MR) is 55.4 cm³/mol. The molecule has 14 heavy (non-hydrogen) atoms. The van der Waals surface area contributed by atoms with Crippen LogP contribution in [0.25, 0.3) is 0 Å². The van der Waals surface area contributed by atoms with Gasteiger partial charge in [0.2, 0.25) is 10.0 Å². The van der Waals surface area contributed by atoms with Crippen LogP contribution in [0.1, 0.15) is 19.3 Å². The van der Waals surface area contributed by atoms with Gasteiger partial charge >= 0.3 is 6.03 Å². The highest BCUT2D eigenvalue weighted by Gasteiger charge is 2.05. The molecule has 0 aliphatic carbocycles. The molecule has 0 aromatic heterocycles. The highest BCUT2D eigenvalue weighted by Crippen LogP contribution is 1.93. The molecule has 0 bridgehead atoms. The zero-order valence-corrected chi connectivity index (χ0v) is 9.06. The second kappa shape index (κ2) is 6.42. The molecule has 0 radical (unpaired) electrons. The van der Waals surface area contributed by atoms with Crippen molar-refractivity contribution in [3.8, 4) is 0 Å². The van der Waals surface area contributed by atoms with E-state index in [0.717, 1.165) is 25.5 Å². The Hall–Kier alpha value is -1.04. The van der Waals surface area contributed by atoms with Gasteiger partial charge in [-0.2, -0.15) is 0 Å². The molecule has 0 aliphatic heterocycles. The Kier molecular flexibility index (Phi) is 5.94. The summed E-state index contributed by atoms with van der Waals surface area (Å²) in [4.78, 5) is 10.9. The highest BCUT2D eigenvalue weighted by molar-refractivity contribution is 7.89. The summed E-state index contributed by atoms with van der Waals surface area (Å²) in [5, 5.41) is 2.43. The molecular weight excluding hydrogens is 204 g/mol. The van der Waals surface area contributed by atoms with E-state index in [9.17, 15) is 13.2 Å². The van der Waals surface area contributed by atoms with Gasteiger partial charge in [0.25, 0.3) is 0 Å². The molecule has 2 amide bonds. The van der Waals surface area contributed by atoms with Crippen molar-refractivity contribution in [3.05, 3.63) is 12.7 Å². The largest absolute Gasteiger partial charge is 0.337 e. The number of allylic oxidation sites excluding steroid dienone is 1. The summed E-state index contributed by atoms with van der Waals surface area (Å²) in [7, 11) is -3.45. The van der Waals surface area contributed by atoms with Gasteiger partial charge in [0.15, 0.2) is 0 Å². The van der Waals surface area contributed by atoms with E-state index >= 15 is 0 Å². The Morgan fingerprint density at radius 3 is 2.57 bits per heavy atom. The normalized spacial score (nSPS) is 10.6. The molecule has 0 fully saturated rings. The minimum absolute atomic E-state index is 0.467. The van der Waals surface area contributed by atoms with E-state index in [1.807, 2.05) is 4.72 Å². The van der Waals surface area contributed by atoms with Crippen molar-refractivity contribution >= 4 is 16.1 Å². The molecule has 0 heterocycles. The van der Waals surface area contributed by atoms with Crippen LogP contribution in [0.3, 0.4) is 0 Å². The summed E-state index contributed by atoms with van der Waals surface area (Å²) in [5.41, 5.74) is 0. The maximum absolute atomic E-state index is 10.9. The molecule has 0 aromatic carbocycles. The average molecular weight is 220 g/mol. The van der Waals surface area contributed by atoms with Crippen LogP contribution in [0.15, 0.2) is 12.7 Å². The van der Waals surface area contributed by atoms with Crippen LogP contribution in [-0.2, 0) is 10.0 Å². The van der Waals surface area contributed by atoms with Crippen molar-refractivity contribution < 1.29 is 13.2 Å². The minimum Gasteiger partial charge on any atom is -0.337 e. The average Bonchev–Trinajstić information content (AvgIpc) is 2.00. The van der Waals surface area contributed by atoms with E-state index in [1.54, 1.807) is 6.08 Å². The molecule has 0 spiro atoms. The van der Waals surface area contributed by atoms with E-state index in [-0.39, 0.29) is 0 Å². The standard InChI is InChI=1S/C8H16N2O3S/c1-3-4-5-6-7-9-8(11)10-14(2,12)13/h3H,1,4-7H2,2H3,(H2,9,10,11). The number of amides is 2. The van der Waals surface area contributed by atoms with Gasteiger partial charge in [0.05, 0.1) is 6.26 Å². The first-order valence-corrected chi connectivity index (χ1v) is 6.21. The van der Waals surface area contributed by atoms with Crippen molar-refractivity contribution in [1.82, 2.24) is 10.0 Å². The fourth-order valence-electron chi connectivity index (χ4n) is 0.820. The highest BCUT2D eigenvalue weighted by atomic mass is 32.2. The SMILES string of the molecule is C=CCCCCNC(=O)NS(C)(=O)=O. The molecule has 5 nitrogen and oxygen atoms in total.